The van der Waals surface area contributed by atoms with E-state index in [0.29, 0.717) is 0 Å². The van der Waals surface area contributed by atoms with E-state index in [2.05, 4.69) is 9.97 Å². The lowest BCUT2D eigenvalue weighted by Gasteiger charge is -2.02. The van der Waals surface area contributed by atoms with Crippen LogP contribution in [0.4, 0.5) is 0 Å². The average Bonchev–Trinajstić information content (AvgIpc) is 2.67. The van der Waals surface area contributed by atoms with Gasteiger partial charge in [-0.05, 0) is 24.3 Å². The van der Waals surface area contributed by atoms with Crippen molar-refractivity contribution < 1.29 is 0 Å². The third kappa shape index (κ3) is 2.09. The fourth-order valence-corrected chi connectivity index (χ4v) is 2.92. The van der Waals surface area contributed by atoms with Crippen LogP contribution in [0.5, 0.6) is 0 Å². The zero-order chi connectivity index (χ0) is 12.5. The summed E-state index contributed by atoms with van der Waals surface area (Å²) in [6, 6.07) is 9.68. The molecular formula is C13H10ClN3S. The van der Waals surface area contributed by atoms with Gasteiger partial charge in [-0.25, -0.2) is 4.98 Å². The molecule has 3 rings (SSSR count). The Kier molecular flexibility index (Phi) is 2.97. The van der Waals surface area contributed by atoms with E-state index in [1.165, 1.54) is 0 Å². The van der Waals surface area contributed by atoms with Crippen LogP contribution >= 0.6 is 23.4 Å². The zero-order valence-corrected chi connectivity index (χ0v) is 11.2. The minimum absolute atomic E-state index is 0.737. The molecule has 3 aromatic rings. The minimum Gasteiger partial charge on any atom is -0.321 e. The van der Waals surface area contributed by atoms with E-state index in [1.807, 2.05) is 48.1 Å². The molecule has 0 aliphatic rings. The van der Waals surface area contributed by atoms with Gasteiger partial charge in [0.2, 0.25) is 0 Å². The number of rotatable bonds is 2. The molecule has 2 heterocycles. The molecule has 2 aromatic heterocycles. The Morgan fingerprint density at radius 2 is 2.17 bits per heavy atom. The molecule has 0 saturated heterocycles. The summed E-state index contributed by atoms with van der Waals surface area (Å²) in [6.45, 7) is 0. The largest absolute Gasteiger partial charge is 0.321 e. The van der Waals surface area contributed by atoms with Crippen LogP contribution in [0.15, 0.2) is 52.8 Å². The van der Waals surface area contributed by atoms with Gasteiger partial charge in [0.25, 0.3) is 0 Å². The Morgan fingerprint density at radius 3 is 2.94 bits per heavy atom. The van der Waals surface area contributed by atoms with Crippen LogP contribution in [0, 0.1) is 0 Å². The standard InChI is InChI=1S/C13H10ClN3S/c1-17-12-8-15-6-5-11(12)16-13(17)18-10-4-2-3-9(14)7-10/h2-8H,1H3. The van der Waals surface area contributed by atoms with Gasteiger partial charge in [-0.2, -0.15) is 0 Å². The lowest BCUT2D eigenvalue weighted by Crippen LogP contribution is -1.90. The molecule has 0 aliphatic heterocycles. The van der Waals surface area contributed by atoms with E-state index in [-0.39, 0.29) is 0 Å². The summed E-state index contributed by atoms with van der Waals surface area (Å²) >= 11 is 7.57. The van der Waals surface area contributed by atoms with E-state index in [4.69, 9.17) is 11.6 Å². The van der Waals surface area contributed by atoms with Crippen LogP contribution in [0.3, 0.4) is 0 Å². The average molecular weight is 276 g/mol. The minimum atomic E-state index is 0.737. The maximum absolute atomic E-state index is 5.98. The van der Waals surface area contributed by atoms with Crippen LogP contribution in [0.2, 0.25) is 5.02 Å². The van der Waals surface area contributed by atoms with Crippen molar-refractivity contribution >= 4 is 34.4 Å². The number of imidazole rings is 1. The third-order valence-electron chi connectivity index (χ3n) is 2.65. The Morgan fingerprint density at radius 1 is 1.28 bits per heavy atom. The van der Waals surface area contributed by atoms with Gasteiger partial charge in [-0.3, -0.25) is 4.98 Å². The summed E-state index contributed by atoms with van der Waals surface area (Å²) in [4.78, 5) is 9.77. The summed E-state index contributed by atoms with van der Waals surface area (Å²) in [5, 5.41) is 1.67. The Bertz CT molecular complexity index is 708. The maximum atomic E-state index is 5.98. The van der Waals surface area contributed by atoms with Gasteiger partial charge < -0.3 is 4.57 Å². The summed E-state index contributed by atoms with van der Waals surface area (Å²) in [6.07, 6.45) is 3.58. The number of halogens is 1. The summed E-state index contributed by atoms with van der Waals surface area (Å²) in [5.74, 6) is 0. The van der Waals surface area contributed by atoms with E-state index in [0.717, 1.165) is 26.1 Å². The Labute approximate surface area is 114 Å². The first-order valence-corrected chi connectivity index (χ1v) is 6.63. The molecule has 3 nitrogen and oxygen atoms in total. The highest BCUT2D eigenvalue weighted by Gasteiger charge is 2.09. The SMILES string of the molecule is Cn1c(Sc2cccc(Cl)c2)nc2ccncc21. The van der Waals surface area contributed by atoms with Gasteiger partial charge in [-0.15, -0.1) is 0 Å². The normalized spacial score (nSPS) is 11.0. The molecular weight excluding hydrogens is 266 g/mol. The highest BCUT2D eigenvalue weighted by Crippen LogP contribution is 2.30. The van der Waals surface area contributed by atoms with Gasteiger partial charge in [-0.1, -0.05) is 29.4 Å². The molecule has 18 heavy (non-hydrogen) atoms. The summed E-state index contributed by atoms with van der Waals surface area (Å²) in [7, 11) is 1.99. The number of aromatic nitrogens is 3. The zero-order valence-electron chi connectivity index (χ0n) is 9.67. The number of aryl methyl sites for hydroxylation is 1. The monoisotopic (exact) mass is 275 g/mol. The molecule has 0 N–H and O–H groups in total. The van der Waals surface area contributed by atoms with Crippen LogP contribution in [0.25, 0.3) is 11.0 Å². The number of benzene rings is 1. The van der Waals surface area contributed by atoms with Crippen molar-refractivity contribution in [2.24, 2.45) is 7.05 Å². The Balaban J connectivity index is 2.02. The molecule has 0 radical (unpaired) electrons. The first-order chi connectivity index (χ1) is 8.74. The van der Waals surface area contributed by atoms with Crippen molar-refractivity contribution in [2.75, 3.05) is 0 Å². The van der Waals surface area contributed by atoms with Gasteiger partial charge in [0.1, 0.15) is 0 Å². The van der Waals surface area contributed by atoms with Crippen LogP contribution < -0.4 is 0 Å². The van der Waals surface area contributed by atoms with E-state index < -0.39 is 0 Å². The first-order valence-electron chi connectivity index (χ1n) is 5.44. The third-order valence-corrected chi connectivity index (χ3v) is 3.92. The fourth-order valence-electron chi connectivity index (χ4n) is 1.74. The van der Waals surface area contributed by atoms with Gasteiger partial charge in [0.15, 0.2) is 5.16 Å². The van der Waals surface area contributed by atoms with Crippen LogP contribution in [-0.2, 0) is 7.05 Å². The fraction of sp³-hybridized carbons (Fsp3) is 0.0769. The Hall–Kier alpha value is -1.52. The van der Waals surface area contributed by atoms with E-state index in [9.17, 15) is 0 Å². The summed E-state index contributed by atoms with van der Waals surface area (Å²) < 4.78 is 2.04. The second-order valence-electron chi connectivity index (χ2n) is 3.88. The molecule has 0 fully saturated rings. The number of fused-ring (bicyclic) bond motifs is 1. The molecule has 0 unspecified atom stereocenters. The highest BCUT2D eigenvalue weighted by atomic mass is 35.5. The number of hydrogen-bond donors (Lipinski definition) is 0. The number of nitrogens with zero attached hydrogens (tertiary/aromatic N) is 3. The van der Waals surface area contributed by atoms with Crippen LogP contribution in [0.1, 0.15) is 0 Å². The lowest BCUT2D eigenvalue weighted by atomic mass is 10.4. The lowest BCUT2D eigenvalue weighted by molar-refractivity contribution is 0.814. The van der Waals surface area contributed by atoms with Crippen molar-refractivity contribution in [3.05, 3.63) is 47.7 Å². The van der Waals surface area contributed by atoms with E-state index >= 15 is 0 Å². The molecule has 5 heteroatoms. The predicted octanol–water partition coefficient (Wildman–Crippen LogP) is 3.77. The van der Waals surface area contributed by atoms with E-state index in [1.54, 1.807) is 18.0 Å². The molecule has 1 aromatic carbocycles. The quantitative estimate of drug-likeness (QED) is 0.713. The van der Waals surface area contributed by atoms with Gasteiger partial charge >= 0.3 is 0 Å². The van der Waals surface area contributed by atoms with Gasteiger partial charge in [0.05, 0.1) is 17.2 Å². The highest BCUT2D eigenvalue weighted by molar-refractivity contribution is 7.99. The molecule has 0 saturated carbocycles. The topological polar surface area (TPSA) is 30.7 Å². The maximum Gasteiger partial charge on any atom is 0.173 e. The smallest absolute Gasteiger partial charge is 0.173 e. The predicted molar refractivity (Wildman–Crippen MR) is 74.1 cm³/mol. The van der Waals surface area contributed by atoms with Crippen molar-refractivity contribution in [1.29, 1.82) is 0 Å². The molecule has 0 atom stereocenters. The second kappa shape index (κ2) is 4.63. The molecule has 0 aliphatic carbocycles. The number of pyridine rings is 1. The second-order valence-corrected chi connectivity index (χ2v) is 5.35. The van der Waals surface area contributed by atoms with Crippen molar-refractivity contribution in [1.82, 2.24) is 14.5 Å². The van der Waals surface area contributed by atoms with Gasteiger partial charge in [0, 0.05) is 23.2 Å². The van der Waals surface area contributed by atoms with Crippen molar-refractivity contribution in [3.8, 4) is 0 Å². The molecule has 0 spiro atoms. The van der Waals surface area contributed by atoms with Crippen LogP contribution in [-0.4, -0.2) is 14.5 Å². The number of hydrogen-bond acceptors (Lipinski definition) is 3. The molecule has 0 bridgehead atoms. The van der Waals surface area contributed by atoms with Crippen molar-refractivity contribution in [3.63, 3.8) is 0 Å². The first kappa shape index (κ1) is 11.6. The summed E-state index contributed by atoms with van der Waals surface area (Å²) in [5.41, 5.74) is 1.99. The van der Waals surface area contributed by atoms with Crippen molar-refractivity contribution in [2.45, 2.75) is 10.1 Å². The molecule has 90 valence electrons. The molecule has 0 amide bonds.